The Morgan fingerprint density at radius 1 is 1.16 bits per heavy atom. The van der Waals surface area contributed by atoms with E-state index in [0.29, 0.717) is 18.2 Å². The molecule has 7 heteroatoms. The normalized spacial score (nSPS) is 15.9. The number of hydrogen-bond donors (Lipinski definition) is 1. The molecule has 0 saturated carbocycles. The number of nitrogens with one attached hydrogen (secondary N) is 1. The molecule has 0 spiro atoms. The van der Waals surface area contributed by atoms with E-state index in [1.165, 1.54) is 5.56 Å². The van der Waals surface area contributed by atoms with Crippen LogP contribution >= 0.6 is 0 Å². The van der Waals surface area contributed by atoms with E-state index < -0.39 is 0 Å². The Labute approximate surface area is 188 Å². The van der Waals surface area contributed by atoms with Gasteiger partial charge in [0.2, 0.25) is 5.88 Å². The van der Waals surface area contributed by atoms with Crippen LogP contribution in [0.4, 0.5) is 0 Å². The van der Waals surface area contributed by atoms with Crippen LogP contribution in [0.1, 0.15) is 24.8 Å². The van der Waals surface area contributed by atoms with Crippen molar-refractivity contribution < 1.29 is 19.0 Å². The molecule has 1 aliphatic rings. The molecule has 32 heavy (non-hydrogen) atoms. The van der Waals surface area contributed by atoms with Gasteiger partial charge in [0.05, 0.1) is 24.6 Å². The maximum Gasteiger partial charge on any atom is 0.258 e. The van der Waals surface area contributed by atoms with Gasteiger partial charge in [-0.25, -0.2) is 4.68 Å². The predicted molar refractivity (Wildman–Crippen MR) is 122 cm³/mol. The number of rotatable bonds is 8. The Kier molecular flexibility index (Phi) is 7.07. The van der Waals surface area contributed by atoms with E-state index >= 15 is 0 Å². The fourth-order valence-corrected chi connectivity index (χ4v) is 3.64. The van der Waals surface area contributed by atoms with Gasteiger partial charge < -0.3 is 19.5 Å². The van der Waals surface area contributed by atoms with Crippen LogP contribution in [0.25, 0.3) is 16.9 Å². The lowest BCUT2D eigenvalue weighted by atomic mass is 10.1. The number of carbonyl (C=O) groups excluding carboxylic acids is 1. The van der Waals surface area contributed by atoms with E-state index in [0.717, 1.165) is 42.8 Å². The third-order valence-corrected chi connectivity index (χ3v) is 5.49. The molecule has 1 amide bonds. The summed E-state index contributed by atoms with van der Waals surface area (Å²) in [5.74, 6) is 1.10. The Morgan fingerprint density at radius 2 is 1.94 bits per heavy atom. The molecular formula is C25H29N3O4. The lowest BCUT2D eigenvalue weighted by Gasteiger charge is -2.22. The van der Waals surface area contributed by atoms with Crippen molar-refractivity contribution in [3.8, 4) is 28.6 Å². The average Bonchev–Trinajstić information content (AvgIpc) is 3.27. The molecule has 0 bridgehead atoms. The van der Waals surface area contributed by atoms with Crippen LogP contribution in [-0.4, -0.2) is 48.7 Å². The summed E-state index contributed by atoms with van der Waals surface area (Å²) in [4.78, 5) is 12.1. The smallest absolute Gasteiger partial charge is 0.258 e. The molecule has 1 aromatic heterocycles. The molecule has 2 heterocycles. The SMILES string of the molecule is COc1cc(-c2ccc(C)cc2)nn1-c1ccc(OCC(=O)NCC2CCCCO2)cc1. The molecule has 1 unspecified atom stereocenters. The number of methoxy groups -OCH3 is 1. The fraction of sp³-hybridized carbons (Fsp3) is 0.360. The van der Waals surface area contributed by atoms with Crippen molar-refractivity contribution in [1.82, 2.24) is 15.1 Å². The third-order valence-electron chi connectivity index (χ3n) is 5.49. The molecule has 1 aliphatic heterocycles. The summed E-state index contributed by atoms with van der Waals surface area (Å²) in [5.41, 5.74) is 3.90. The van der Waals surface area contributed by atoms with Gasteiger partial charge in [-0.3, -0.25) is 4.79 Å². The molecule has 1 fully saturated rings. The van der Waals surface area contributed by atoms with Gasteiger partial charge in [-0.1, -0.05) is 29.8 Å². The molecular weight excluding hydrogens is 406 g/mol. The number of aryl methyl sites for hydroxylation is 1. The van der Waals surface area contributed by atoms with Crippen LogP contribution < -0.4 is 14.8 Å². The van der Waals surface area contributed by atoms with Crippen molar-refractivity contribution in [3.63, 3.8) is 0 Å². The van der Waals surface area contributed by atoms with E-state index in [4.69, 9.17) is 19.3 Å². The minimum Gasteiger partial charge on any atom is -0.484 e. The fourth-order valence-electron chi connectivity index (χ4n) is 3.64. The van der Waals surface area contributed by atoms with Gasteiger partial charge >= 0.3 is 0 Å². The highest BCUT2D eigenvalue weighted by atomic mass is 16.5. The van der Waals surface area contributed by atoms with Gasteiger partial charge in [0, 0.05) is 24.8 Å². The largest absolute Gasteiger partial charge is 0.484 e. The number of nitrogens with zero attached hydrogens (tertiary/aromatic N) is 2. The minimum absolute atomic E-state index is 0.0330. The van der Waals surface area contributed by atoms with Gasteiger partial charge in [0.25, 0.3) is 5.91 Å². The van der Waals surface area contributed by atoms with Gasteiger partial charge in [-0.2, -0.15) is 5.10 Å². The van der Waals surface area contributed by atoms with Crippen molar-refractivity contribution in [1.29, 1.82) is 0 Å². The topological polar surface area (TPSA) is 74.6 Å². The van der Waals surface area contributed by atoms with E-state index in [1.807, 2.05) is 42.5 Å². The standard InChI is InChI=1S/C25H29N3O4/c1-18-6-8-19(9-7-18)23-15-25(30-2)28(27-23)20-10-12-21(13-11-20)32-17-24(29)26-16-22-5-3-4-14-31-22/h6-13,15,22H,3-5,14,16-17H2,1-2H3,(H,26,29). The van der Waals surface area contributed by atoms with Crippen LogP contribution in [0.3, 0.4) is 0 Å². The second-order valence-corrected chi connectivity index (χ2v) is 7.93. The molecule has 3 aromatic rings. The second kappa shape index (κ2) is 10.3. The Balaban J connectivity index is 1.36. The Morgan fingerprint density at radius 3 is 2.62 bits per heavy atom. The molecule has 0 aliphatic carbocycles. The zero-order chi connectivity index (χ0) is 22.3. The van der Waals surface area contributed by atoms with Gasteiger partial charge in [0.15, 0.2) is 6.61 Å². The maximum atomic E-state index is 12.1. The first-order valence-electron chi connectivity index (χ1n) is 10.9. The van der Waals surface area contributed by atoms with E-state index in [-0.39, 0.29) is 18.6 Å². The monoisotopic (exact) mass is 435 g/mol. The third kappa shape index (κ3) is 5.48. The first kappa shape index (κ1) is 21.9. The first-order valence-corrected chi connectivity index (χ1v) is 10.9. The second-order valence-electron chi connectivity index (χ2n) is 7.93. The van der Waals surface area contributed by atoms with E-state index in [9.17, 15) is 4.79 Å². The number of benzene rings is 2. The van der Waals surface area contributed by atoms with Crippen molar-refractivity contribution >= 4 is 5.91 Å². The Bertz CT molecular complexity index is 1020. The number of ether oxygens (including phenoxy) is 3. The number of hydrogen-bond acceptors (Lipinski definition) is 5. The summed E-state index contributed by atoms with van der Waals surface area (Å²) < 4.78 is 18.5. The van der Waals surface area contributed by atoms with Crippen molar-refractivity contribution in [2.75, 3.05) is 26.9 Å². The quantitative estimate of drug-likeness (QED) is 0.581. The molecule has 2 aromatic carbocycles. The summed E-state index contributed by atoms with van der Waals surface area (Å²) >= 11 is 0. The van der Waals surface area contributed by atoms with Crippen LogP contribution in [0.2, 0.25) is 0 Å². The zero-order valence-corrected chi connectivity index (χ0v) is 18.5. The Hall–Kier alpha value is -3.32. The number of aromatic nitrogens is 2. The lowest BCUT2D eigenvalue weighted by Crippen LogP contribution is -2.37. The van der Waals surface area contributed by atoms with Gasteiger partial charge in [-0.05, 0) is 50.5 Å². The predicted octanol–water partition coefficient (Wildman–Crippen LogP) is 3.92. The van der Waals surface area contributed by atoms with Crippen LogP contribution in [0.5, 0.6) is 11.6 Å². The maximum absolute atomic E-state index is 12.1. The molecule has 4 rings (SSSR count). The highest BCUT2D eigenvalue weighted by molar-refractivity contribution is 5.77. The van der Waals surface area contributed by atoms with Crippen molar-refractivity contribution in [2.45, 2.75) is 32.3 Å². The molecule has 1 atom stereocenters. The minimum atomic E-state index is -0.153. The lowest BCUT2D eigenvalue weighted by molar-refractivity contribution is -0.124. The zero-order valence-electron chi connectivity index (χ0n) is 18.5. The van der Waals surface area contributed by atoms with Gasteiger partial charge in [-0.15, -0.1) is 0 Å². The molecule has 168 valence electrons. The highest BCUT2D eigenvalue weighted by Crippen LogP contribution is 2.27. The summed E-state index contributed by atoms with van der Waals surface area (Å²) in [6, 6.07) is 17.5. The number of carbonyl (C=O) groups is 1. The van der Waals surface area contributed by atoms with Gasteiger partial charge in [0.1, 0.15) is 5.75 Å². The van der Waals surface area contributed by atoms with Crippen molar-refractivity contribution in [2.24, 2.45) is 0 Å². The van der Waals surface area contributed by atoms with Crippen LogP contribution in [0, 0.1) is 6.92 Å². The molecule has 1 saturated heterocycles. The molecule has 1 N–H and O–H groups in total. The summed E-state index contributed by atoms with van der Waals surface area (Å²) in [6.45, 7) is 3.33. The summed E-state index contributed by atoms with van der Waals surface area (Å²) in [6.07, 6.45) is 3.35. The van der Waals surface area contributed by atoms with Crippen LogP contribution in [0.15, 0.2) is 54.6 Å². The van der Waals surface area contributed by atoms with E-state index in [2.05, 4.69) is 24.4 Å². The molecule has 0 radical (unpaired) electrons. The highest BCUT2D eigenvalue weighted by Gasteiger charge is 2.15. The van der Waals surface area contributed by atoms with Crippen molar-refractivity contribution in [3.05, 3.63) is 60.2 Å². The van der Waals surface area contributed by atoms with Crippen LogP contribution in [-0.2, 0) is 9.53 Å². The summed E-state index contributed by atoms with van der Waals surface area (Å²) in [7, 11) is 1.63. The van der Waals surface area contributed by atoms with E-state index in [1.54, 1.807) is 11.8 Å². The first-order chi connectivity index (χ1) is 15.6. The molecule has 7 nitrogen and oxygen atoms in total. The number of amides is 1. The average molecular weight is 436 g/mol. The summed E-state index contributed by atoms with van der Waals surface area (Å²) in [5, 5.41) is 7.58.